The van der Waals surface area contributed by atoms with E-state index < -0.39 is 17.6 Å². The Labute approximate surface area is 176 Å². The van der Waals surface area contributed by atoms with Gasteiger partial charge in [-0.15, -0.1) is 0 Å². The number of anilines is 1. The van der Waals surface area contributed by atoms with Gasteiger partial charge < -0.3 is 15.8 Å². The van der Waals surface area contributed by atoms with Crippen molar-refractivity contribution in [2.45, 2.75) is 12.7 Å². The molecule has 0 aliphatic carbocycles. The molecule has 1 aromatic heterocycles. The summed E-state index contributed by atoms with van der Waals surface area (Å²) >= 11 is 8.99. The molecule has 0 radical (unpaired) electrons. The lowest BCUT2D eigenvalue weighted by Crippen LogP contribution is -2.16. The zero-order valence-electron chi connectivity index (χ0n) is 14.7. The molecule has 5 nitrogen and oxygen atoms in total. The van der Waals surface area contributed by atoms with Crippen molar-refractivity contribution in [3.05, 3.63) is 57.0 Å². The van der Waals surface area contributed by atoms with E-state index in [2.05, 4.69) is 31.2 Å². The van der Waals surface area contributed by atoms with Crippen molar-refractivity contribution >= 4 is 44.3 Å². The minimum atomic E-state index is -4.59. The van der Waals surface area contributed by atoms with E-state index in [4.69, 9.17) is 22.1 Å². The number of fused-ring (bicyclic) bond motifs is 1. The van der Waals surface area contributed by atoms with Crippen LogP contribution in [0.25, 0.3) is 10.9 Å². The van der Waals surface area contributed by atoms with Crippen LogP contribution in [0.3, 0.4) is 0 Å². The Kier molecular flexibility index (Phi) is 6.45. The van der Waals surface area contributed by atoms with Gasteiger partial charge >= 0.3 is 6.18 Å². The Balaban J connectivity index is 1.99. The number of ether oxygens (including phenoxy) is 1. The average molecular weight is 494 g/mol. The molecule has 0 amide bonds. The van der Waals surface area contributed by atoms with Gasteiger partial charge in [0.1, 0.15) is 24.0 Å². The number of halogens is 6. The number of nitrogens with two attached hydrogens (primary N) is 1. The first kappa shape index (κ1) is 21.5. The third kappa shape index (κ3) is 4.88. The first-order valence-corrected chi connectivity index (χ1v) is 9.46. The van der Waals surface area contributed by atoms with Gasteiger partial charge in [0, 0.05) is 30.1 Å². The van der Waals surface area contributed by atoms with E-state index >= 15 is 0 Å². The number of alkyl halides is 3. The molecular weight excluding hydrogens is 480 g/mol. The minimum Gasteiger partial charge on any atom is -0.491 e. The molecule has 2 aromatic carbocycles. The van der Waals surface area contributed by atoms with Crippen LogP contribution < -0.4 is 15.8 Å². The van der Waals surface area contributed by atoms with Crippen LogP contribution in [0.4, 0.5) is 23.4 Å². The third-order valence-electron chi connectivity index (χ3n) is 3.92. The third-order valence-corrected chi connectivity index (χ3v) is 4.70. The molecule has 29 heavy (non-hydrogen) atoms. The molecular formula is C18H14BrClF4N4O. The van der Waals surface area contributed by atoms with Crippen molar-refractivity contribution in [1.29, 1.82) is 0 Å². The summed E-state index contributed by atoms with van der Waals surface area (Å²) in [6.07, 6.45) is -4.59. The number of benzene rings is 2. The molecule has 0 bridgehead atoms. The summed E-state index contributed by atoms with van der Waals surface area (Å²) in [6.45, 7) is -0.0688. The molecule has 0 aliphatic heterocycles. The summed E-state index contributed by atoms with van der Waals surface area (Å²) in [4.78, 5) is 8.03. The Bertz CT molecular complexity index is 1050. The van der Waals surface area contributed by atoms with Crippen LogP contribution in [0.1, 0.15) is 11.1 Å². The van der Waals surface area contributed by atoms with E-state index in [-0.39, 0.29) is 52.1 Å². The summed E-state index contributed by atoms with van der Waals surface area (Å²) in [7, 11) is 0. The van der Waals surface area contributed by atoms with Gasteiger partial charge in [-0.05, 0) is 39.7 Å². The zero-order chi connectivity index (χ0) is 21.2. The normalized spacial score (nSPS) is 11.7. The van der Waals surface area contributed by atoms with Crippen LogP contribution in [-0.2, 0) is 12.7 Å². The molecule has 3 rings (SSSR count). The summed E-state index contributed by atoms with van der Waals surface area (Å²) in [6, 6.07) is 6.35. The lowest BCUT2D eigenvalue weighted by atomic mass is 10.1. The summed E-state index contributed by atoms with van der Waals surface area (Å²) < 4.78 is 59.3. The largest absolute Gasteiger partial charge is 0.491 e. The fraction of sp³-hybridized carbons (Fsp3) is 0.222. The van der Waals surface area contributed by atoms with Gasteiger partial charge in [0.25, 0.3) is 0 Å². The average Bonchev–Trinajstić information content (AvgIpc) is 2.65. The van der Waals surface area contributed by atoms with Gasteiger partial charge in [-0.25, -0.2) is 14.4 Å². The second-order valence-corrected chi connectivity index (χ2v) is 7.10. The Hall–Kier alpha value is -2.17. The highest BCUT2D eigenvalue weighted by Gasteiger charge is 2.35. The molecule has 3 aromatic rings. The fourth-order valence-corrected chi connectivity index (χ4v) is 3.21. The van der Waals surface area contributed by atoms with Gasteiger partial charge in [-0.1, -0.05) is 12.1 Å². The summed E-state index contributed by atoms with van der Waals surface area (Å²) in [5.41, 5.74) is 4.96. The second-order valence-electron chi connectivity index (χ2n) is 5.91. The predicted octanol–water partition coefficient (Wildman–Crippen LogP) is 5.15. The van der Waals surface area contributed by atoms with E-state index in [1.54, 1.807) is 0 Å². The van der Waals surface area contributed by atoms with Crippen molar-refractivity contribution < 1.29 is 22.3 Å². The Morgan fingerprint density at radius 2 is 1.97 bits per heavy atom. The summed E-state index contributed by atoms with van der Waals surface area (Å²) in [5.74, 6) is -0.605. The van der Waals surface area contributed by atoms with Gasteiger partial charge in [0.05, 0.1) is 15.6 Å². The highest BCUT2D eigenvalue weighted by atomic mass is 79.9. The predicted molar refractivity (Wildman–Crippen MR) is 106 cm³/mol. The zero-order valence-corrected chi connectivity index (χ0v) is 17.0. The van der Waals surface area contributed by atoms with E-state index in [1.807, 2.05) is 0 Å². The van der Waals surface area contributed by atoms with Crippen molar-refractivity contribution in [1.82, 2.24) is 9.97 Å². The molecule has 0 fully saturated rings. The Morgan fingerprint density at radius 1 is 1.21 bits per heavy atom. The van der Waals surface area contributed by atoms with Crippen LogP contribution in [0.15, 0.2) is 34.8 Å². The SMILES string of the molecule is NCCOc1c(CNc2nc(Cl)nc3cc(F)c(Br)cc23)cccc1C(F)(F)F. The van der Waals surface area contributed by atoms with E-state index in [1.165, 1.54) is 24.3 Å². The lowest BCUT2D eigenvalue weighted by molar-refractivity contribution is -0.139. The molecule has 0 aliphatic rings. The lowest BCUT2D eigenvalue weighted by Gasteiger charge is -2.18. The maximum Gasteiger partial charge on any atom is 0.419 e. The number of hydrogen-bond donors (Lipinski definition) is 2. The highest BCUT2D eigenvalue weighted by molar-refractivity contribution is 9.10. The highest BCUT2D eigenvalue weighted by Crippen LogP contribution is 2.38. The van der Waals surface area contributed by atoms with Gasteiger partial charge in [-0.2, -0.15) is 13.2 Å². The molecule has 0 atom stereocenters. The summed E-state index contributed by atoms with van der Waals surface area (Å²) in [5, 5.41) is 3.24. The number of nitrogens with one attached hydrogen (secondary N) is 1. The first-order chi connectivity index (χ1) is 13.7. The smallest absolute Gasteiger partial charge is 0.419 e. The first-order valence-electron chi connectivity index (χ1n) is 8.29. The van der Waals surface area contributed by atoms with Gasteiger partial charge in [0.15, 0.2) is 0 Å². The van der Waals surface area contributed by atoms with Crippen molar-refractivity contribution in [3.8, 4) is 5.75 Å². The number of aromatic nitrogens is 2. The van der Waals surface area contributed by atoms with E-state index in [0.29, 0.717) is 5.39 Å². The molecule has 3 N–H and O–H groups in total. The van der Waals surface area contributed by atoms with Crippen LogP contribution >= 0.6 is 27.5 Å². The standard InChI is InChI=1S/C18H14BrClF4N4O/c19-12-6-10-14(7-13(12)21)27-17(20)28-16(10)26-8-9-2-1-3-11(18(22,23)24)15(9)29-5-4-25/h1-3,6-7H,4-5,8,25H2,(H,26,27,28). The van der Waals surface area contributed by atoms with Crippen molar-refractivity contribution in [3.63, 3.8) is 0 Å². The van der Waals surface area contributed by atoms with Crippen LogP contribution in [0.2, 0.25) is 5.28 Å². The quantitative estimate of drug-likeness (QED) is 0.367. The van der Waals surface area contributed by atoms with Crippen molar-refractivity contribution in [2.24, 2.45) is 5.73 Å². The van der Waals surface area contributed by atoms with Crippen LogP contribution in [-0.4, -0.2) is 23.1 Å². The van der Waals surface area contributed by atoms with E-state index in [0.717, 1.165) is 6.07 Å². The molecule has 11 heteroatoms. The Morgan fingerprint density at radius 3 is 2.66 bits per heavy atom. The number of para-hydroxylation sites is 1. The number of nitrogens with zero attached hydrogens (tertiary/aromatic N) is 2. The minimum absolute atomic E-state index is 0.0543. The van der Waals surface area contributed by atoms with Gasteiger partial charge in [-0.3, -0.25) is 0 Å². The van der Waals surface area contributed by atoms with Gasteiger partial charge in [0.2, 0.25) is 5.28 Å². The number of hydrogen-bond acceptors (Lipinski definition) is 5. The van der Waals surface area contributed by atoms with Crippen LogP contribution in [0, 0.1) is 5.82 Å². The molecule has 0 saturated heterocycles. The molecule has 0 unspecified atom stereocenters. The molecule has 0 spiro atoms. The maximum atomic E-state index is 13.8. The fourth-order valence-electron chi connectivity index (χ4n) is 2.69. The number of rotatable bonds is 6. The molecule has 154 valence electrons. The van der Waals surface area contributed by atoms with E-state index in [9.17, 15) is 17.6 Å². The second kappa shape index (κ2) is 8.68. The monoisotopic (exact) mass is 492 g/mol. The topological polar surface area (TPSA) is 73.1 Å². The maximum absolute atomic E-state index is 13.8. The molecule has 1 heterocycles. The van der Waals surface area contributed by atoms with Crippen LogP contribution in [0.5, 0.6) is 5.75 Å². The molecule has 0 saturated carbocycles. The van der Waals surface area contributed by atoms with Crippen molar-refractivity contribution in [2.75, 3.05) is 18.5 Å².